The van der Waals surface area contributed by atoms with Gasteiger partial charge in [-0.2, -0.15) is 25.3 Å². The average molecular weight is 1180 g/mol. The van der Waals surface area contributed by atoms with E-state index in [0.29, 0.717) is 133 Å². The SMILES string of the molecule is CC(C)C[C@H](N)CN(CCCS)[C@@H](CO)C(=O)N1CCC[C@H]1C(=O)NCC(=O)N[C@@H](CCCCN)C(=O)N[C@H](CN(CCCS)[C@@H](C)C(=O)N1CCC[C@H]1C(=O)N[C@@H](CCCCN)C(=O)N[C@@H](Cc1ccc(O)cc1)C(N)=O)C(C)C. The monoisotopic (exact) mass is 1180 g/mol. The van der Waals surface area contributed by atoms with Crippen LogP contribution in [0.4, 0.5) is 0 Å². The molecule has 460 valence electrons. The normalized spacial score (nSPS) is 18.1. The van der Waals surface area contributed by atoms with Crippen molar-refractivity contribution in [2.75, 3.05) is 77.0 Å². The summed E-state index contributed by atoms with van der Waals surface area (Å²) in [6.07, 6.45) is 6.51. The van der Waals surface area contributed by atoms with Gasteiger partial charge in [-0.05, 0) is 158 Å². The number of rotatable bonds is 39. The van der Waals surface area contributed by atoms with Gasteiger partial charge in [0.15, 0.2) is 0 Å². The molecule has 1 aromatic carbocycles. The molecule has 2 aliphatic heterocycles. The van der Waals surface area contributed by atoms with Crippen LogP contribution >= 0.6 is 25.3 Å². The number of nitrogens with one attached hydrogen (secondary N) is 5. The molecule has 0 bridgehead atoms. The molecule has 0 saturated carbocycles. The molecule has 1 aromatic rings. The quantitative estimate of drug-likeness (QED) is 0.0298. The highest BCUT2D eigenvalue weighted by molar-refractivity contribution is 7.80. The first-order valence-electron chi connectivity index (χ1n) is 29.2. The van der Waals surface area contributed by atoms with Gasteiger partial charge in [0.1, 0.15) is 42.0 Å². The molecule has 3 rings (SSSR count). The van der Waals surface area contributed by atoms with Crippen molar-refractivity contribution in [2.24, 2.45) is 34.8 Å². The van der Waals surface area contributed by atoms with E-state index in [1.54, 1.807) is 19.1 Å². The number of primary amides is 1. The molecular formula is C56H99N13O10S2. The van der Waals surface area contributed by atoms with E-state index in [9.17, 15) is 48.6 Å². The molecular weight excluding hydrogens is 1080 g/mol. The number of hydrogen-bond donors (Lipinski definition) is 13. The lowest BCUT2D eigenvalue weighted by atomic mass is 10.0. The molecule has 15 N–H and O–H groups in total. The molecule has 0 spiro atoms. The Bertz CT molecular complexity index is 2130. The summed E-state index contributed by atoms with van der Waals surface area (Å²) in [4.78, 5) is 118. The smallest absolute Gasteiger partial charge is 0.243 e. The summed E-state index contributed by atoms with van der Waals surface area (Å²) < 4.78 is 0. The maximum atomic E-state index is 14.6. The fraction of sp³-hybridized carbons (Fsp3) is 0.750. The Morgan fingerprint density at radius 2 is 1.23 bits per heavy atom. The Labute approximate surface area is 491 Å². The number of thiol groups is 2. The number of aliphatic hydroxyl groups excluding tert-OH is 1. The zero-order valence-electron chi connectivity index (χ0n) is 48.7. The minimum Gasteiger partial charge on any atom is -0.508 e. The Kier molecular flexibility index (Phi) is 32.6. The van der Waals surface area contributed by atoms with Crippen molar-refractivity contribution < 1.29 is 48.6 Å². The van der Waals surface area contributed by atoms with Crippen molar-refractivity contribution >= 4 is 72.5 Å². The lowest BCUT2D eigenvalue weighted by Crippen LogP contribution is -2.59. The van der Waals surface area contributed by atoms with Crippen LogP contribution in [0.5, 0.6) is 5.75 Å². The van der Waals surface area contributed by atoms with Gasteiger partial charge >= 0.3 is 0 Å². The second kappa shape index (κ2) is 37.4. The second-order valence-corrected chi connectivity index (χ2v) is 23.3. The molecule has 2 fully saturated rings. The number of unbranched alkanes of at least 4 members (excludes halogenated alkanes) is 2. The van der Waals surface area contributed by atoms with E-state index in [4.69, 9.17) is 22.9 Å². The zero-order chi connectivity index (χ0) is 60.2. The van der Waals surface area contributed by atoms with Crippen LogP contribution in [0, 0.1) is 11.8 Å². The van der Waals surface area contributed by atoms with Crippen LogP contribution in [-0.2, 0) is 44.8 Å². The van der Waals surface area contributed by atoms with Crippen molar-refractivity contribution in [3.8, 4) is 5.75 Å². The van der Waals surface area contributed by atoms with Gasteiger partial charge in [-0.15, -0.1) is 0 Å². The van der Waals surface area contributed by atoms with Gasteiger partial charge in [0.2, 0.25) is 47.3 Å². The number of aromatic hydroxyl groups is 1. The van der Waals surface area contributed by atoms with Gasteiger partial charge in [-0.3, -0.25) is 48.2 Å². The summed E-state index contributed by atoms with van der Waals surface area (Å²) in [5, 5.41) is 34.4. The molecule has 0 aromatic heterocycles. The molecule has 0 unspecified atom stereocenters. The number of benzene rings is 1. The standard InChI is InChI=1S/C56H99N13O10S2/c1-36(2)30-40(59)33-67(25-13-29-81)48(35-70)56(79)69-27-10-16-46(69)53(76)61-32-49(72)62-42(14-6-8-22-57)51(74)65-45(37(3)4)34-66(24-12-28-80)38(5)55(78)68-26-11-17-47(68)54(77)63-43(15-7-9-23-58)52(75)64-44(50(60)73)31-39-18-20-41(71)21-19-39/h18-21,36-38,40,42-48,70-71,80-81H,6-17,22-35,57-59H2,1-5H3,(H2,60,73)(H,61,76)(H,62,72)(H,63,77)(H,64,75)(H,65,74)/t38-,40-,42-,43-,44-,45+,46-,47-,48-/m0/s1. The van der Waals surface area contributed by atoms with E-state index >= 15 is 0 Å². The van der Waals surface area contributed by atoms with E-state index < -0.39 is 96.9 Å². The first-order chi connectivity index (χ1) is 38.6. The highest BCUT2D eigenvalue weighted by Gasteiger charge is 2.41. The Hall–Kier alpha value is -4.76. The fourth-order valence-electron chi connectivity index (χ4n) is 10.5. The highest BCUT2D eigenvalue weighted by Crippen LogP contribution is 2.24. The van der Waals surface area contributed by atoms with Gasteiger partial charge in [-0.1, -0.05) is 39.8 Å². The van der Waals surface area contributed by atoms with Crippen LogP contribution in [0.2, 0.25) is 0 Å². The van der Waals surface area contributed by atoms with Crippen LogP contribution in [-0.4, -0.2) is 208 Å². The summed E-state index contributed by atoms with van der Waals surface area (Å²) in [5.74, 6) is -2.88. The van der Waals surface area contributed by atoms with Crippen LogP contribution in [0.25, 0.3) is 0 Å². The molecule has 2 heterocycles. The number of phenolic OH excluding ortho intramolecular Hbond substituents is 1. The largest absolute Gasteiger partial charge is 0.508 e. The summed E-state index contributed by atoms with van der Waals surface area (Å²) in [6, 6.07) is -1.20. The molecule has 23 nitrogen and oxygen atoms in total. The fourth-order valence-corrected chi connectivity index (χ4v) is 10.8. The Morgan fingerprint density at radius 3 is 1.77 bits per heavy atom. The summed E-state index contributed by atoms with van der Waals surface area (Å²) in [6.45, 7) is 11.7. The van der Waals surface area contributed by atoms with Crippen LogP contribution < -0.4 is 49.5 Å². The molecule has 81 heavy (non-hydrogen) atoms. The topological polar surface area (TPSA) is 354 Å². The predicted octanol–water partition coefficient (Wildman–Crippen LogP) is -0.262. The minimum atomic E-state index is -1.11. The number of amides is 8. The maximum absolute atomic E-state index is 14.6. The third-order valence-corrected chi connectivity index (χ3v) is 15.8. The first kappa shape index (κ1) is 70.5. The molecule has 9 atom stereocenters. The number of aliphatic hydroxyl groups is 1. The molecule has 0 aliphatic carbocycles. The molecule has 8 amide bonds. The summed E-state index contributed by atoms with van der Waals surface area (Å²) in [7, 11) is 0. The predicted molar refractivity (Wildman–Crippen MR) is 320 cm³/mol. The Morgan fingerprint density at radius 1 is 0.691 bits per heavy atom. The van der Waals surface area contributed by atoms with Crippen molar-refractivity contribution in [3.63, 3.8) is 0 Å². The maximum Gasteiger partial charge on any atom is 0.243 e. The van der Waals surface area contributed by atoms with Crippen molar-refractivity contribution in [1.82, 2.24) is 46.2 Å². The van der Waals surface area contributed by atoms with Gasteiger partial charge in [0.25, 0.3) is 0 Å². The van der Waals surface area contributed by atoms with E-state index in [1.165, 1.54) is 21.9 Å². The highest BCUT2D eigenvalue weighted by atomic mass is 32.1. The number of carbonyl (C=O) groups is 8. The van der Waals surface area contributed by atoms with E-state index in [2.05, 4.69) is 65.7 Å². The van der Waals surface area contributed by atoms with Gasteiger partial charge < -0.3 is 69.5 Å². The number of nitrogens with two attached hydrogens (primary N) is 4. The third-order valence-electron chi connectivity index (χ3n) is 15.1. The number of carbonyl (C=O) groups excluding carboxylic acids is 8. The number of nitrogens with zero attached hydrogens (tertiary/aromatic N) is 4. The molecule has 25 heteroatoms. The van der Waals surface area contributed by atoms with Crippen LogP contribution in [0.3, 0.4) is 0 Å². The average Bonchev–Trinajstić information content (AvgIpc) is 4.22. The van der Waals surface area contributed by atoms with E-state index in [1.807, 2.05) is 23.6 Å². The lowest BCUT2D eigenvalue weighted by molar-refractivity contribution is -0.144. The Balaban J connectivity index is 1.73. The zero-order valence-corrected chi connectivity index (χ0v) is 50.5. The van der Waals surface area contributed by atoms with Crippen LogP contribution in [0.1, 0.15) is 124 Å². The molecule has 0 radical (unpaired) electrons. The summed E-state index contributed by atoms with van der Waals surface area (Å²) >= 11 is 8.81. The van der Waals surface area contributed by atoms with E-state index in [0.717, 1.165) is 6.42 Å². The van der Waals surface area contributed by atoms with Crippen molar-refractivity contribution in [1.29, 1.82) is 0 Å². The lowest BCUT2D eigenvalue weighted by Gasteiger charge is -2.37. The van der Waals surface area contributed by atoms with Crippen molar-refractivity contribution in [2.45, 2.75) is 179 Å². The van der Waals surface area contributed by atoms with Crippen LogP contribution in [0.15, 0.2) is 24.3 Å². The number of likely N-dealkylation sites (tertiary alicyclic amines) is 2. The second-order valence-electron chi connectivity index (χ2n) is 22.4. The molecule has 2 aliphatic rings. The number of phenols is 1. The third kappa shape index (κ3) is 23.8. The molecule has 2 saturated heterocycles. The minimum absolute atomic E-state index is 0.0376. The summed E-state index contributed by atoms with van der Waals surface area (Å²) in [5.41, 5.74) is 24.4. The van der Waals surface area contributed by atoms with Crippen molar-refractivity contribution in [3.05, 3.63) is 29.8 Å². The van der Waals surface area contributed by atoms with E-state index in [-0.39, 0.29) is 55.3 Å². The van der Waals surface area contributed by atoms with Gasteiger partial charge in [0.05, 0.1) is 19.2 Å². The van der Waals surface area contributed by atoms with Gasteiger partial charge in [-0.25, -0.2) is 0 Å². The van der Waals surface area contributed by atoms with Gasteiger partial charge in [0, 0.05) is 44.7 Å². The first-order valence-corrected chi connectivity index (χ1v) is 30.5. The number of hydrogen-bond acceptors (Lipinski definition) is 17.